The minimum Gasteiger partial charge on any atom is -0.308 e. The van der Waals surface area contributed by atoms with Gasteiger partial charge in [0.15, 0.2) is 0 Å². The van der Waals surface area contributed by atoms with Crippen LogP contribution in [-0.2, 0) is 6.42 Å². The van der Waals surface area contributed by atoms with E-state index in [4.69, 9.17) is 11.6 Å². The molecule has 0 bridgehead atoms. The van der Waals surface area contributed by atoms with Crippen molar-refractivity contribution in [1.29, 1.82) is 0 Å². The fourth-order valence-corrected chi connectivity index (χ4v) is 3.64. The number of rotatable bonds is 5. The van der Waals surface area contributed by atoms with Gasteiger partial charge in [-0.3, -0.25) is 4.90 Å². The van der Waals surface area contributed by atoms with Crippen molar-refractivity contribution < 1.29 is 0 Å². The first-order chi connectivity index (χ1) is 10.2. The van der Waals surface area contributed by atoms with Gasteiger partial charge in [-0.1, -0.05) is 48.0 Å². The van der Waals surface area contributed by atoms with Crippen LogP contribution in [0.25, 0.3) is 0 Å². The Labute approximate surface area is 133 Å². The molecule has 0 amide bonds. The van der Waals surface area contributed by atoms with Crippen LogP contribution in [0.1, 0.15) is 25.3 Å². The monoisotopic (exact) mass is 304 g/mol. The molecular formula is C18H25ClN2. The summed E-state index contributed by atoms with van der Waals surface area (Å²) in [4.78, 5) is 2.60. The van der Waals surface area contributed by atoms with Gasteiger partial charge in [-0.05, 0) is 37.7 Å². The van der Waals surface area contributed by atoms with Gasteiger partial charge in [-0.15, -0.1) is 0 Å². The highest BCUT2D eigenvalue weighted by Crippen LogP contribution is 2.41. The molecule has 1 aromatic rings. The van der Waals surface area contributed by atoms with Crippen molar-refractivity contribution in [2.24, 2.45) is 5.92 Å². The third-order valence-electron chi connectivity index (χ3n) is 5.01. The number of hydrogen-bond acceptors (Lipinski definition) is 2. The van der Waals surface area contributed by atoms with Gasteiger partial charge in [0.25, 0.3) is 0 Å². The van der Waals surface area contributed by atoms with E-state index in [0.29, 0.717) is 6.04 Å². The summed E-state index contributed by atoms with van der Waals surface area (Å²) in [6, 6.07) is 11.3. The number of nitrogens with zero attached hydrogens (tertiary/aromatic N) is 1. The van der Waals surface area contributed by atoms with Crippen molar-refractivity contribution in [1.82, 2.24) is 10.2 Å². The van der Waals surface area contributed by atoms with Crippen LogP contribution < -0.4 is 5.32 Å². The lowest BCUT2D eigenvalue weighted by Gasteiger charge is -2.46. The predicted molar refractivity (Wildman–Crippen MR) is 89.6 cm³/mol. The van der Waals surface area contributed by atoms with Crippen LogP contribution in [0.3, 0.4) is 0 Å². The van der Waals surface area contributed by atoms with Crippen molar-refractivity contribution >= 4 is 11.6 Å². The molecule has 2 aliphatic rings. The number of halogens is 1. The molecule has 1 saturated heterocycles. The fraction of sp³-hybridized carbons (Fsp3) is 0.556. The molecule has 1 N–H and O–H groups in total. The van der Waals surface area contributed by atoms with Crippen LogP contribution >= 0.6 is 11.6 Å². The van der Waals surface area contributed by atoms with Gasteiger partial charge < -0.3 is 5.32 Å². The van der Waals surface area contributed by atoms with E-state index >= 15 is 0 Å². The van der Waals surface area contributed by atoms with Crippen LogP contribution in [0, 0.1) is 5.92 Å². The maximum atomic E-state index is 5.75. The van der Waals surface area contributed by atoms with Crippen LogP contribution in [0.2, 0.25) is 0 Å². The van der Waals surface area contributed by atoms with E-state index in [9.17, 15) is 0 Å². The summed E-state index contributed by atoms with van der Waals surface area (Å²) in [5, 5.41) is 3.84. The maximum Gasteiger partial charge on any atom is 0.0309 e. The summed E-state index contributed by atoms with van der Waals surface area (Å²) in [5.74, 6) is 0.859. The second-order valence-corrected chi connectivity index (χ2v) is 6.96. The van der Waals surface area contributed by atoms with Gasteiger partial charge in [-0.25, -0.2) is 0 Å². The molecule has 3 rings (SSSR count). The fourth-order valence-electron chi connectivity index (χ4n) is 3.56. The normalized spacial score (nSPS) is 30.9. The predicted octanol–water partition coefficient (Wildman–Crippen LogP) is 3.42. The van der Waals surface area contributed by atoms with E-state index in [1.54, 1.807) is 5.54 Å². The second kappa shape index (κ2) is 6.51. The number of benzene rings is 1. The molecular weight excluding hydrogens is 280 g/mol. The zero-order valence-corrected chi connectivity index (χ0v) is 13.5. The van der Waals surface area contributed by atoms with Crippen molar-refractivity contribution in [3.63, 3.8) is 0 Å². The van der Waals surface area contributed by atoms with Gasteiger partial charge in [0.05, 0.1) is 0 Å². The molecule has 2 unspecified atom stereocenters. The first kappa shape index (κ1) is 15.1. The molecule has 0 radical (unpaired) electrons. The topological polar surface area (TPSA) is 15.3 Å². The van der Waals surface area contributed by atoms with Crippen molar-refractivity contribution in [3.8, 4) is 0 Å². The smallest absolute Gasteiger partial charge is 0.0309 e. The average molecular weight is 305 g/mol. The van der Waals surface area contributed by atoms with Gasteiger partial charge in [0.2, 0.25) is 0 Å². The van der Waals surface area contributed by atoms with Gasteiger partial charge >= 0.3 is 0 Å². The minimum absolute atomic E-state index is 0.285. The Morgan fingerprint density at radius 1 is 1.33 bits per heavy atom. The highest BCUT2D eigenvalue weighted by Gasteiger charge is 2.45. The molecule has 21 heavy (non-hydrogen) atoms. The number of hydrogen-bond donors (Lipinski definition) is 1. The molecule has 114 valence electrons. The van der Waals surface area contributed by atoms with Crippen molar-refractivity contribution in [2.75, 3.05) is 19.6 Å². The zero-order valence-electron chi connectivity index (χ0n) is 12.8. The Hall–Kier alpha value is -0.830. The first-order valence-corrected chi connectivity index (χ1v) is 8.43. The van der Waals surface area contributed by atoms with Crippen LogP contribution in [0.4, 0.5) is 0 Å². The number of nitrogens with one attached hydrogen (secondary N) is 1. The first-order valence-electron chi connectivity index (χ1n) is 7.99. The van der Waals surface area contributed by atoms with E-state index in [1.165, 1.54) is 18.4 Å². The molecule has 0 spiro atoms. The molecule has 2 nitrogen and oxygen atoms in total. The second-order valence-electron chi connectivity index (χ2n) is 6.71. The molecule has 2 fully saturated rings. The Balaban J connectivity index is 1.69. The zero-order chi connectivity index (χ0) is 14.7. The van der Waals surface area contributed by atoms with E-state index < -0.39 is 0 Å². The molecule has 2 atom stereocenters. The highest BCUT2D eigenvalue weighted by atomic mass is 35.5. The summed E-state index contributed by atoms with van der Waals surface area (Å²) in [5.41, 5.74) is 3.35. The molecule has 1 aliphatic carbocycles. The standard InChI is InChI=1S/C18H25ClN2/c1-18(16-8-9-16)14-21(11-5-10-19)17(13-20-18)12-15-6-3-2-4-7-15/h2-7,10,16-17,20H,8-9,11-14H2,1H3/b10-5+. The van der Waals surface area contributed by atoms with E-state index in [1.807, 2.05) is 0 Å². The lowest BCUT2D eigenvalue weighted by Crippen LogP contribution is -2.64. The molecule has 0 aromatic heterocycles. The average Bonchev–Trinajstić information content (AvgIpc) is 3.34. The van der Waals surface area contributed by atoms with Gasteiger partial charge in [0.1, 0.15) is 0 Å². The SMILES string of the molecule is CC1(C2CC2)CN(C/C=C/Cl)C(Cc2ccccc2)CN1. The quantitative estimate of drug-likeness (QED) is 0.896. The molecule has 1 aromatic carbocycles. The van der Waals surface area contributed by atoms with Gasteiger partial charge in [0, 0.05) is 36.8 Å². The Morgan fingerprint density at radius 2 is 2.10 bits per heavy atom. The van der Waals surface area contributed by atoms with Crippen molar-refractivity contribution in [2.45, 2.75) is 37.8 Å². The summed E-state index contributed by atoms with van der Waals surface area (Å²) in [6.07, 6.45) is 5.93. The Kier molecular flexibility index (Phi) is 4.68. The van der Waals surface area contributed by atoms with E-state index in [0.717, 1.165) is 32.0 Å². The highest BCUT2D eigenvalue weighted by molar-refractivity contribution is 6.25. The Bertz CT molecular complexity index is 483. The Morgan fingerprint density at radius 3 is 2.76 bits per heavy atom. The van der Waals surface area contributed by atoms with Crippen molar-refractivity contribution in [3.05, 3.63) is 47.5 Å². The summed E-state index contributed by atoms with van der Waals surface area (Å²) in [7, 11) is 0. The largest absolute Gasteiger partial charge is 0.308 e. The summed E-state index contributed by atoms with van der Waals surface area (Å²) in [6.45, 7) is 5.53. The lowest BCUT2D eigenvalue weighted by atomic mass is 9.89. The molecule has 1 heterocycles. The molecule has 1 aliphatic heterocycles. The number of piperazine rings is 1. The van der Waals surface area contributed by atoms with Crippen LogP contribution in [0.5, 0.6) is 0 Å². The lowest BCUT2D eigenvalue weighted by molar-refractivity contribution is 0.0854. The van der Waals surface area contributed by atoms with E-state index in [-0.39, 0.29) is 5.54 Å². The minimum atomic E-state index is 0.285. The maximum absolute atomic E-state index is 5.75. The molecule has 1 saturated carbocycles. The summed E-state index contributed by atoms with van der Waals surface area (Å²) < 4.78 is 0. The van der Waals surface area contributed by atoms with Gasteiger partial charge in [-0.2, -0.15) is 0 Å². The third-order valence-corrected chi connectivity index (χ3v) is 5.19. The summed E-state index contributed by atoms with van der Waals surface area (Å²) >= 11 is 5.75. The third kappa shape index (κ3) is 3.68. The molecule has 3 heteroatoms. The van der Waals surface area contributed by atoms with Crippen LogP contribution in [-0.4, -0.2) is 36.1 Å². The van der Waals surface area contributed by atoms with Crippen LogP contribution in [0.15, 0.2) is 41.9 Å². The van der Waals surface area contributed by atoms with E-state index in [2.05, 4.69) is 53.5 Å².